The van der Waals surface area contributed by atoms with E-state index in [1.807, 2.05) is 26.2 Å². The third kappa shape index (κ3) is 3.30. The molecule has 0 aliphatic carbocycles. The van der Waals surface area contributed by atoms with E-state index in [4.69, 9.17) is 5.11 Å². The van der Waals surface area contributed by atoms with Crippen molar-refractivity contribution >= 4 is 34.6 Å². The minimum absolute atomic E-state index is 0.156. The second kappa shape index (κ2) is 5.95. The summed E-state index contributed by atoms with van der Waals surface area (Å²) in [5.41, 5.74) is 0.372. The lowest BCUT2D eigenvalue weighted by Crippen LogP contribution is -2.42. The molecule has 2 N–H and O–H groups in total. The maximum Gasteiger partial charge on any atom is 0.345 e. The Morgan fingerprint density at radius 3 is 2.52 bits per heavy atom. The minimum Gasteiger partial charge on any atom is -0.477 e. The largest absolute Gasteiger partial charge is 0.477 e. The summed E-state index contributed by atoms with van der Waals surface area (Å²) in [7, 11) is 0. The number of rotatable bonds is 5. The lowest BCUT2D eigenvalue weighted by atomic mass is 9.99. The number of carbonyl (C=O) groups excluding carboxylic acids is 1. The number of thiazole rings is 1. The summed E-state index contributed by atoms with van der Waals surface area (Å²) in [6, 6.07) is 2.98. The Hall–Kier alpha value is -1.73. The van der Waals surface area contributed by atoms with Gasteiger partial charge >= 0.3 is 5.97 Å². The van der Waals surface area contributed by atoms with Crippen molar-refractivity contribution in [2.24, 2.45) is 0 Å². The number of carbonyl (C=O) groups is 2. The zero-order valence-corrected chi connectivity index (χ0v) is 13.6. The fourth-order valence-electron chi connectivity index (χ4n) is 1.79. The summed E-state index contributed by atoms with van der Waals surface area (Å²) in [6.45, 7) is 5.82. The van der Waals surface area contributed by atoms with Crippen LogP contribution < -0.4 is 5.32 Å². The van der Waals surface area contributed by atoms with Gasteiger partial charge in [0.15, 0.2) is 0 Å². The van der Waals surface area contributed by atoms with Crippen molar-refractivity contribution in [3.8, 4) is 0 Å². The lowest BCUT2D eigenvalue weighted by Gasteiger charge is -2.27. The highest BCUT2D eigenvalue weighted by molar-refractivity contribution is 7.15. The van der Waals surface area contributed by atoms with Gasteiger partial charge in [-0.2, -0.15) is 0 Å². The highest BCUT2D eigenvalue weighted by atomic mass is 32.1. The van der Waals surface area contributed by atoms with Gasteiger partial charge in [0, 0.05) is 11.1 Å². The normalized spacial score (nSPS) is 13.7. The van der Waals surface area contributed by atoms with Gasteiger partial charge in [0.25, 0.3) is 5.91 Å². The number of nitrogens with one attached hydrogen (secondary N) is 1. The Kier molecular flexibility index (Phi) is 4.43. The fourth-order valence-corrected chi connectivity index (χ4v) is 3.51. The maximum atomic E-state index is 12.3. The van der Waals surface area contributed by atoms with E-state index in [-0.39, 0.29) is 10.8 Å². The van der Waals surface area contributed by atoms with Crippen LogP contribution in [0.3, 0.4) is 0 Å². The van der Waals surface area contributed by atoms with Crippen LogP contribution in [0.15, 0.2) is 17.5 Å². The van der Waals surface area contributed by atoms with Gasteiger partial charge in [-0.1, -0.05) is 6.92 Å². The molecule has 0 aliphatic heterocycles. The van der Waals surface area contributed by atoms with Gasteiger partial charge in [0.05, 0.1) is 10.4 Å². The van der Waals surface area contributed by atoms with Crippen molar-refractivity contribution in [1.29, 1.82) is 0 Å². The monoisotopic (exact) mass is 324 g/mol. The molecule has 2 aromatic rings. The van der Waals surface area contributed by atoms with E-state index in [1.54, 1.807) is 0 Å². The Bertz CT molecular complexity index is 677. The van der Waals surface area contributed by atoms with Crippen molar-refractivity contribution in [3.05, 3.63) is 38.0 Å². The van der Waals surface area contributed by atoms with Crippen LogP contribution in [0.2, 0.25) is 0 Å². The van der Waals surface area contributed by atoms with E-state index in [9.17, 15) is 9.59 Å². The first-order valence-electron chi connectivity index (χ1n) is 6.44. The molecule has 0 unspecified atom stereocenters. The number of hydrogen-bond acceptors (Lipinski definition) is 5. The molecule has 0 spiro atoms. The van der Waals surface area contributed by atoms with E-state index in [1.165, 1.54) is 23.5 Å². The highest BCUT2D eigenvalue weighted by Crippen LogP contribution is 2.28. The third-order valence-electron chi connectivity index (χ3n) is 3.23. The van der Waals surface area contributed by atoms with Crippen molar-refractivity contribution in [2.75, 3.05) is 0 Å². The molecule has 21 heavy (non-hydrogen) atoms. The average molecular weight is 324 g/mol. The quantitative estimate of drug-likeness (QED) is 0.884. The van der Waals surface area contributed by atoms with Gasteiger partial charge in [-0.3, -0.25) is 4.79 Å². The van der Waals surface area contributed by atoms with Gasteiger partial charge in [0.1, 0.15) is 9.88 Å². The smallest absolute Gasteiger partial charge is 0.345 e. The van der Waals surface area contributed by atoms with Gasteiger partial charge in [-0.05, 0) is 32.4 Å². The number of aryl methyl sites for hydroxylation is 1. The number of carboxylic acids is 1. The molecule has 0 aliphatic rings. The molecule has 0 radical (unpaired) electrons. The zero-order valence-electron chi connectivity index (χ0n) is 12.0. The lowest BCUT2D eigenvalue weighted by molar-refractivity contribution is 0.0702. The van der Waals surface area contributed by atoms with Crippen LogP contribution in [0.4, 0.5) is 0 Å². The molecular weight excluding hydrogens is 308 g/mol. The first-order chi connectivity index (χ1) is 9.85. The number of amides is 1. The molecule has 5 nitrogen and oxygen atoms in total. The SMILES string of the molecule is CC[C@](C)(NC(=O)c1ccc(C(=O)O)s1)c1nc(C)cs1. The number of aromatic nitrogens is 1. The Morgan fingerprint density at radius 2 is 2.05 bits per heavy atom. The van der Waals surface area contributed by atoms with Crippen LogP contribution >= 0.6 is 22.7 Å². The maximum absolute atomic E-state index is 12.3. The second-order valence-corrected chi connectivity index (χ2v) is 6.84. The number of nitrogens with zero attached hydrogens (tertiary/aromatic N) is 1. The molecule has 2 heterocycles. The Morgan fingerprint density at radius 1 is 1.38 bits per heavy atom. The molecule has 0 fully saturated rings. The van der Waals surface area contributed by atoms with Crippen molar-refractivity contribution in [1.82, 2.24) is 10.3 Å². The summed E-state index contributed by atoms with van der Waals surface area (Å²) in [5, 5.41) is 14.7. The van der Waals surface area contributed by atoms with Crippen LogP contribution in [-0.4, -0.2) is 22.0 Å². The average Bonchev–Trinajstić information content (AvgIpc) is 3.07. The van der Waals surface area contributed by atoms with Crippen LogP contribution in [-0.2, 0) is 5.54 Å². The van der Waals surface area contributed by atoms with Crippen LogP contribution in [0.25, 0.3) is 0 Å². The van der Waals surface area contributed by atoms with Crippen molar-refractivity contribution < 1.29 is 14.7 Å². The number of hydrogen-bond donors (Lipinski definition) is 2. The predicted octanol–water partition coefficient (Wildman–Crippen LogP) is 3.27. The molecule has 1 amide bonds. The summed E-state index contributed by atoms with van der Waals surface area (Å²) >= 11 is 2.48. The van der Waals surface area contributed by atoms with Crippen LogP contribution in [0.5, 0.6) is 0 Å². The van der Waals surface area contributed by atoms with E-state index < -0.39 is 11.5 Å². The number of thiophene rings is 1. The minimum atomic E-state index is -1.02. The van der Waals surface area contributed by atoms with E-state index in [2.05, 4.69) is 10.3 Å². The van der Waals surface area contributed by atoms with Gasteiger partial charge < -0.3 is 10.4 Å². The summed E-state index contributed by atoms with van der Waals surface area (Å²) in [4.78, 5) is 28.2. The molecule has 0 saturated heterocycles. The summed E-state index contributed by atoms with van der Waals surface area (Å²) < 4.78 is 0. The Labute approximate surface area is 130 Å². The van der Waals surface area contributed by atoms with Gasteiger partial charge in [-0.15, -0.1) is 22.7 Å². The first-order valence-corrected chi connectivity index (χ1v) is 8.13. The van der Waals surface area contributed by atoms with E-state index >= 15 is 0 Å². The molecule has 7 heteroatoms. The molecular formula is C14H16N2O3S2. The number of carboxylic acid groups (broad SMARTS) is 1. The number of aromatic carboxylic acids is 1. The van der Waals surface area contributed by atoms with Crippen molar-refractivity contribution in [2.45, 2.75) is 32.7 Å². The molecule has 0 bridgehead atoms. The van der Waals surface area contributed by atoms with Crippen LogP contribution in [0.1, 0.15) is 50.3 Å². The third-order valence-corrected chi connectivity index (χ3v) is 5.52. The van der Waals surface area contributed by atoms with Crippen molar-refractivity contribution in [3.63, 3.8) is 0 Å². The van der Waals surface area contributed by atoms with E-state index in [0.29, 0.717) is 11.3 Å². The topological polar surface area (TPSA) is 79.3 Å². The molecule has 0 aromatic carbocycles. The second-order valence-electron chi connectivity index (χ2n) is 4.90. The van der Waals surface area contributed by atoms with Gasteiger partial charge in [-0.25, -0.2) is 9.78 Å². The zero-order chi connectivity index (χ0) is 15.6. The summed E-state index contributed by atoms with van der Waals surface area (Å²) in [6.07, 6.45) is 0.697. The molecule has 0 saturated carbocycles. The highest BCUT2D eigenvalue weighted by Gasteiger charge is 2.30. The molecule has 2 rings (SSSR count). The molecule has 2 aromatic heterocycles. The summed E-state index contributed by atoms with van der Waals surface area (Å²) in [5.74, 6) is -1.29. The van der Waals surface area contributed by atoms with Crippen LogP contribution in [0, 0.1) is 6.92 Å². The fraction of sp³-hybridized carbons (Fsp3) is 0.357. The molecule has 1 atom stereocenters. The van der Waals surface area contributed by atoms with Gasteiger partial charge in [0.2, 0.25) is 0 Å². The Balaban J connectivity index is 2.21. The predicted molar refractivity (Wildman–Crippen MR) is 83.2 cm³/mol. The molecule has 112 valence electrons. The first kappa shape index (κ1) is 15.7. The van der Waals surface area contributed by atoms with E-state index in [0.717, 1.165) is 22.0 Å². The standard InChI is InChI=1S/C14H16N2O3S2/c1-4-14(3,13-15-8(2)7-20-13)16-11(17)9-5-6-10(21-9)12(18)19/h5-7H,4H2,1-3H3,(H,16,17)(H,18,19)/t14-/m0/s1.